The average Bonchev–Trinajstić information content (AvgIpc) is 2.30. The van der Waals surface area contributed by atoms with Crippen LogP contribution in [-0.2, 0) is 10.0 Å². The highest BCUT2D eigenvalue weighted by Crippen LogP contribution is 2.25. The number of nitrogens with one attached hydrogen (secondary N) is 1. The predicted molar refractivity (Wildman–Crippen MR) is 78.6 cm³/mol. The summed E-state index contributed by atoms with van der Waals surface area (Å²) in [7, 11) is -3.96. The van der Waals surface area contributed by atoms with Crippen LogP contribution >= 0.6 is 23.4 Å². The smallest absolute Gasteiger partial charge is 0.243 e. The van der Waals surface area contributed by atoms with Crippen LogP contribution in [-0.4, -0.2) is 26.5 Å². The third kappa shape index (κ3) is 4.52. The number of anilines is 1. The molecule has 8 heteroatoms. The molecule has 0 aliphatic carbocycles. The van der Waals surface area contributed by atoms with Crippen LogP contribution in [0.4, 0.5) is 10.1 Å². The van der Waals surface area contributed by atoms with E-state index in [1.807, 2.05) is 6.26 Å². The SMILES string of the molecule is CSCCC(C)NS(=O)(=O)c1cc(N)cc(Cl)c1F. The standard InChI is InChI=1S/C11H16ClFN2O2S2/c1-7(3-4-18-2)15-19(16,17)10-6-8(14)5-9(12)11(10)13/h5-7,15H,3-4,14H2,1-2H3. The lowest BCUT2D eigenvalue weighted by atomic mass is 10.3. The zero-order valence-corrected chi connectivity index (χ0v) is 13.0. The number of sulfonamides is 1. The molecule has 0 amide bonds. The van der Waals surface area contributed by atoms with Crippen molar-refractivity contribution in [3.05, 3.63) is 23.0 Å². The molecule has 0 saturated heterocycles. The summed E-state index contributed by atoms with van der Waals surface area (Å²) in [6.07, 6.45) is 2.58. The Morgan fingerprint density at radius 2 is 2.16 bits per heavy atom. The Morgan fingerprint density at radius 3 is 2.74 bits per heavy atom. The summed E-state index contributed by atoms with van der Waals surface area (Å²) in [6, 6.07) is 1.94. The van der Waals surface area contributed by atoms with Crippen LogP contribution in [0.25, 0.3) is 0 Å². The number of nitrogens with two attached hydrogens (primary N) is 1. The topological polar surface area (TPSA) is 72.2 Å². The Morgan fingerprint density at radius 1 is 1.53 bits per heavy atom. The largest absolute Gasteiger partial charge is 0.399 e. The molecule has 0 fully saturated rings. The monoisotopic (exact) mass is 326 g/mol. The molecule has 0 bridgehead atoms. The van der Waals surface area contributed by atoms with Crippen molar-refractivity contribution < 1.29 is 12.8 Å². The van der Waals surface area contributed by atoms with Crippen LogP contribution in [0, 0.1) is 5.82 Å². The summed E-state index contributed by atoms with van der Waals surface area (Å²) in [5, 5.41) is -0.308. The minimum Gasteiger partial charge on any atom is -0.399 e. The summed E-state index contributed by atoms with van der Waals surface area (Å²) >= 11 is 7.20. The molecular weight excluding hydrogens is 311 g/mol. The van der Waals surface area contributed by atoms with Gasteiger partial charge in [-0.2, -0.15) is 11.8 Å². The van der Waals surface area contributed by atoms with Gasteiger partial charge in [-0.3, -0.25) is 0 Å². The van der Waals surface area contributed by atoms with Crippen LogP contribution in [0.2, 0.25) is 5.02 Å². The fraction of sp³-hybridized carbons (Fsp3) is 0.455. The van der Waals surface area contributed by atoms with Gasteiger partial charge in [-0.05, 0) is 37.5 Å². The van der Waals surface area contributed by atoms with E-state index in [2.05, 4.69) is 4.72 Å². The second-order valence-corrected chi connectivity index (χ2v) is 7.19. The summed E-state index contributed by atoms with van der Waals surface area (Å²) < 4.78 is 40.3. The maximum Gasteiger partial charge on any atom is 0.243 e. The summed E-state index contributed by atoms with van der Waals surface area (Å²) in [5.74, 6) is -0.176. The van der Waals surface area contributed by atoms with Gasteiger partial charge in [0.25, 0.3) is 0 Å². The lowest BCUT2D eigenvalue weighted by molar-refractivity contribution is 0.540. The normalized spacial score (nSPS) is 13.5. The molecular formula is C11H16ClFN2O2S2. The van der Waals surface area contributed by atoms with Gasteiger partial charge < -0.3 is 5.73 Å². The fourth-order valence-corrected chi connectivity index (χ4v) is 3.75. The first-order chi connectivity index (χ1) is 8.77. The van der Waals surface area contributed by atoms with Gasteiger partial charge in [-0.25, -0.2) is 17.5 Å². The second-order valence-electron chi connectivity index (χ2n) is 4.12. The van der Waals surface area contributed by atoms with E-state index < -0.39 is 20.7 Å². The van der Waals surface area contributed by atoms with E-state index in [0.717, 1.165) is 11.8 Å². The Balaban J connectivity index is 3.01. The molecule has 0 spiro atoms. The molecule has 1 rings (SSSR count). The Kier molecular flexibility index (Phi) is 5.91. The van der Waals surface area contributed by atoms with E-state index in [0.29, 0.717) is 6.42 Å². The predicted octanol–water partition coefficient (Wildman–Crippen LogP) is 2.48. The molecule has 108 valence electrons. The van der Waals surface area contributed by atoms with Crippen molar-refractivity contribution in [1.29, 1.82) is 0 Å². The average molecular weight is 327 g/mol. The van der Waals surface area contributed by atoms with Crippen LogP contribution < -0.4 is 10.5 Å². The van der Waals surface area contributed by atoms with E-state index in [-0.39, 0.29) is 16.8 Å². The highest BCUT2D eigenvalue weighted by Gasteiger charge is 2.23. The van der Waals surface area contributed by atoms with Crippen molar-refractivity contribution in [2.75, 3.05) is 17.7 Å². The van der Waals surface area contributed by atoms with E-state index in [1.165, 1.54) is 6.07 Å². The summed E-state index contributed by atoms with van der Waals surface area (Å²) in [4.78, 5) is -0.520. The third-order valence-electron chi connectivity index (χ3n) is 2.42. The first-order valence-electron chi connectivity index (χ1n) is 5.53. The van der Waals surface area contributed by atoms with E-state index in [9.17, 15) is 12.8 Å². The van der Waals surface area contributed by atoms with Crippen LogP contribution in [0.3, 0.4) is 0 Å². The number of thioether (sulfide) groups is 1. The van der Waals surface area contributed by atoms with Crippen molar-refractivity contribution >= 4 is 39.1 Å². The molecule has 19 heavy (non-hydrogen) atoms. The molecule has 0 saturated carbocycles. The van der Waals surface area contributed by atoms with Gasteiger partial charge in [0.05, 0.1) is 5.02 Å². The third-order valence-corrected chi connectivity index (χ3v) is 4.93. The molecule has 0 aliphatic rings. The molecule has 1 atom stereocenters. The van der Waals surface area contributed by atoms with Gasteiger partial charge >= 0.3 is 0 Å². The number of hydrogen-bond donors (Lipinski definition) is 2. The summed E-state index contributed by atoms with van der Waals surface area (Å²) in [5.41, 5.74) is 5.59. The van der Waals surface area contributed by atoms with Crippen molar-refractivity contribution in [3.8, 4) is 0 Å². The van der Waals surface area contributed by atoms with Crippen molar-refractivity contribution in [3.63, 3.8) is 0 Å². The molecule has 0 radical (unpaired) electrons. The number of halogens is 2. The van der Waals surface area contributed by atoms with Gasteiger partial charge in [-0.15, -0.1) is 0 Å². The number of benzene rings is 1. The van der Waals surface area contributed by atoms with Gasteiger partial charge in [0, 0.05) is 11.7 Å². The van der Waals surface area contributed by atoms with Gasteiger partial charge in [0.1, 0.15) is 4.90 Å². The second kappa shape index (κ2) is 6.78. The molecule has 0 heterocycles. The molecule has 4 nitrogen and oxygen atoms in total. The first-order valence-corrected chi connectivity index (χ1v) is 8.79. The summed E-state index contributed by atoms with van der Waals surface area (Å²) in [6.45, 7) is 1.72. The van der Waals surface area contributed by atoms with Crippen molar-refractivity contribution in [2.45, 2.75) is 24.3 Å². The molecule has 3 N–H and O–H groups in total. The number of hydrogen-bond acceptors (Lipinski definition) is 4. The first kappa shape index (κ1) is 16.6. The van der Waals surface area contributed by atoms with Gasteiger partial charge in [0.15, 0.2) is 5.82 Å². The van der Waals surface area contributed by atoms with E-state index in [1.54, 1.807) is 18.7 Å². The molecule has 1 unspecified atom stereocenters. The number of nitrogen functional groups attached to an aromatic ring is 1. The van der Waals surface area contributed by atoms with Crippen molar-refractivity contribution in [1.82, 2.24) is 4.72 Å². The molecule has 1 aromatic carbocycles. The van der Waals surface area contributed by atoms with Crippen molar-refractivity contribution in [2.24, 2.45) is 0 Å². The minimum absolute atomic E-state index is 0.101. The zero-order chi connectivity index (χ0) is 14.6. The molecule has 1 aromatic rings. The Bertz CT molecular complexity index is 552. The lowest BCUT2D eigenvalue weighted by Crippen LogP contribution is -2.33. The zero-order valence-electron chi connectivity index (χ0n) is 10.6. The molecule has 0 aliphatic heterocycles. The fourth-order valence-electron chi connectivity index (χ4n) is 1.46. The lowest BCUT2D eigenvalue weighted by Gasteiger charge is -2.14. The Labute approximate surface area is 121 Å². The van der Waals surface area contributed by atoms with Crippen LogP contribution in [0.15, 0.2) is 17.0 Å². The highest BCUT2D eigenvalue weighted by atomic mass is 35.5. The van der Waals surface area contributed by atoms with Crippen LogP contribution in [0.5, 0.6) is 0 Å². The maximum atomic E-state index is 13.8. The van der Waals surface area contributed by atoms with Gasteiger partial charge in [0.2, 0.25) is 10.0 Å². The minimum atomic E-state index is -3.96. The van der Waals surface area contributed by atoms with E-state index >= 15 is 0 Å². The Hall–Kier alpha value is -0.500. The maximum absolute atomic E-state index is 13.8. The molecule has 0 aromatic heterocycles. The number of rotatable bonds is 6. The quantitative estimate of drug-likeness (QED) is 0.788. The van der Waals surface area contributed by atoms with Gasteiger partial charge in [-0.1, -0.05) is 11.6 Å². The van der Waals surface area contributed by atoms with E-state index in [4.69, 9.17) is 17.3 Å². The van der Waals surface area contributed by atoms with Crippen LogP contribution in [0.1, 0.15) is 13.3 Å². The highest BCUT2D eigenvalue weighted by molar-refractivity contribution is 7.98.